The van der Waals surface area contributed by atoms with Gasteiger partial charge in [-0.1, -0.05) is 36.4 Å². The molecule has 5 heteroatoms. The molecule has 140 valence electrons. The molecule has 2 aromatic rings. The molecule has 1 N–H and O–H groups in total. The molecule has 27 heavy (non-hydrogen) atoms. The topological polar surface area (TPSA) is 49.4 Å². The molecular weight excluding hydrogens is 404 g/mol. The lowest BCUT2D eigenvalue weighted by molar-refractivity contribution is -0.130. The first kappa shape index (κ1) is 19.4. The van der Waals surface area contributed by atoms with E-state index >= 15 is 0 Å². The molecule has 1 aliphatic rings. The average molecular weight is 427 g/mol. The minimum atomic E-state index is -0.0691. The zero-order chi connectivity index (χ0) is 19.2. The first-order valence-corrected chi connectivity index (χ1v) is 9.91. The van der Waals surface area contributed by atoms with E-state index in [-0.39, 0.29) is 17.7 Å². The summed E-state index contributed by atoms with van der Waals surface area (Å²) in [6.07, 6.45) is 4.80. The molecule has 1 heterocycles. The molecule has 0 aliphatic carbocycles. The third-order valence-electron chi connectivity index (χ3n) is 4.78. The number of nitrogens with one attached hydrogen (secondary N) is 1. The number of rotatable bonds is 4. The summed E-state index contributed by atoms with van der Waals surface area (Å²) in [5.41, 5.74) is 2.92. The van der Waals surface area contributed by atoms with Crippen molar-refractivity contribution in [3.63, 3.8) is 0 Å². The number of aryl methyl sites for hydroxylation is 1. The van der Waals surface area contributed by atoms with Crippen molar-refractivity contribution >= 4 is 39.5 Å². The maximum atomic E-state index is 12.5. The van der Waals surface area contributed by atoms with Gasteiger partial charge >= 0.3 is 0 Å². The zero-order valence-corrected chi connectivity index (χ0v) is 16.9. The van der Waals surface area contributed by atoms with Crippen LogP contribution in [-0.2, 0) is 9.59 Å². The van der Waals surface area contributed by atoms with E-state index in [4.69, 9.17) is 0 Å². The average Bonchev–Trinajstić information content (AvgIpc) is 2.69. The van der Waals surface area contributed by atoms with E-state index in [0.29, 0.717) is 25.9 Å². The van der Waals surface area contributed by atoms with E-state index in [1.54, 1.807) is 6.08 Å². The fraction of sp³-hybridized carbons (Fsp3) is 0.273. The standard InChI is InChI=1S/C22H23BrN2O2/c1-16-7-9-20(19(23)15-16)24-22(27)18-11-13-25(14-12-18)21(26)10-8-17-5-3-2-4-6-17/h2-10,15,18H,11-14H2,1H3,(H,24,27)/b10-8+. The Kier molecular flexibility index (Phi) is 6.45. The van der Waals surface area contributed by atoms with Gasteiger partial charge in [0.1, 0.15) is 0 Å². The first-order chi connectivity index (χ1) is 13.0. The van der Waals surface area contributed by atoms with Crippen LogP contribution in [0.25, 0.3) is 6.08 Å². The third kappa shape index (κ3) is 5.30. The van der Waals surface area contributed by atoms with Gasteiger partial charge in [-0.15, -0.1) is 0 Å². The summed E-state index contributed by atoms with van der Waals surface area (Å²) in [4.78, 5) is 26.7. The van der Waals surface area contributed by atoms with Gasteiger partial charge < -0.3 is 10.2 Å². The van der Waals surface area contributed by atoms with Crippen LogP contribution in [0.4, 0.5) is 5.69 Å². The number of likely N-dealkylation sites (tertiary alicyclic amines) is 1. The van der Waals surface area contributed by atoms with Gasteiger partial charge in [-0.3, -0.25) is 9.59 Å². The number of carbonyl (C=O) groups excluding carboxylic acids is 2. The quantitative estimate of drug-likeness (QED) is 0.723. The van der Waals surface area contributed by atoms with Gasteiger partial charge in [0, 0.05) is 29.6 Å². The van der Waals surface area contributed by atoms with Gasteiger partial charge in [0.05, 0.1) is 5.69 Å². The molecule has 2 aromatic carbocycles. The summed E-state index contributed by atoms with van der Waals surface area (Å²) in [5.74, 6) is -0.0502. The van der Waals surface area contributed by atoms with E-state index < -0.39 is 0 Å². The monoisotopic (exact) mass is 426 g/mol. The summed E-state index contributed by atoms with van der Waals surface area (Å²) < 4.78 is 0.884. The van der Waals surface area contributed by atoms with Crippen LogP contribution in [0.5, 0.6) is 0 Å². The Morgan fingerprint density at radius 2 is 1.81 bits per heavy atom. The fourth-order valence-corrected chi connectivity index (χ4v) is 3.75. The molecule has 4 nitrogen and oxygen atoms in total. The summed E-state index contributed by atoms with van der Waals surface area (Å²) in [6.45, 7) is 3.21. The highest BCUT2D eigenvalue weighted by atomic mass is 79.9. The number of hydrogen-bond acceptors (Lipinski definition) is 2. The maximum Gasteiger partial charge on any atom is 0.246 e. The van der Waals surface area contributed by atoms with Gasteiger partial charge in [0.2, 0.25) is 11.8 Å². The number of nitrogens with zero attached hydrogens (tertiary/aromatic N) is 1. The third-order valence-corrected chi connectivity index (χ3v) is 5.43. The number of amides is 2. The summed E-state index contributed by atoms with van der Waals surface area (Å²) in [6, 6.07) is 15.6. The second-order valence-electron chi connectivity index (χ2n) is 6.82. The predicted octanol–water partition coefficient (Wildman–Crippen LogP) is 4.65. The van der Waals surface area contributed by atoms with E-state index in [1.807, 2.05) is 66.4 Å². The normalized spacial score (nSPS) is 15.1. The molecule has 0 spiro atoms. The van der Waals surface area contributed by atoms with Gasteiger partial charge in [0.25, 0.3) is 0 Å². The van der Waals surface area contributed by atoms with E-state index in [1.165, 1.54) is 0 Å². The largest absolute Gasteiger partial charge is 0.339 e. The van der Waals surface area contributed by atoms with E-state index in [0.717, 1.165) is 21.3 Å². The minimum Gasteiger partial charge on any atom is -0.339 e. The Hall–Kier alpha value is -2.40. The fourth-order valence-electron chi connectivity index (χ4n) is 3.16. The highest BCUT2D eigenvalue weighted by Crippen LogP contribution is 2.26. The highest BCUT2D eigenvalue weighted by Gasteiger charge is 2.26. The van der Waals surface area contributed by atoms with E-state index in [2.05, 4.69) is 21.2 Å². The van der Waals surface area contributed by atoms with Gasteiger partial charge in [-0.2, -0.15) is 0 Å². The molecule has 0 bridgehead atoms. The van der Waals surface area contributed by atoms with Crippen molar-refractivity contribution < 1.29 is 9.59 Å². The molecule has 3 rings (SSSR count). The second-order valence-corrected chi connectivity index (χ2v) is 7.67. The first-order valence-electron chi connectivity index (χ1n) is 9.12. The molecule has 2 amide bonds. The number of benzene rings is 2. The Balaban J connectivity index is 1.51. The smallest absolute Gasteiger partial charge is 0.246 e. The number of hydrogen-bond donors (Lipinski definition) is 1. The van der Waals surface area contributed by atoms with Crippen LogP contribution in [0.2, 0.25) is 0 Å². The molecule has 0 unspecified atom stereocenters. The van der Waals surface area contributed by atoms with Crippen LogP contribution >= 0.6 is 15.9 Å². The second kappa shape index (κ2) is 9.00. The molecule has 1 saturated heterocycles. The molecule has 0 aromatic heterocycles. The Labute approximate surface area is 168 Å². The predicted molar refractivity (Wildman–Crippen MR) is 112 cm³/mol. The van der Waals surface area contributed by atoms with Gasteiger partial charge in [-0.25, -0.2) is 0 Å². The molecule has 1 aliphatic heterocycles. The minimum absolute atomic E-state index is 0.000935. The van der Waals surface area contributed by atoms with Crippen LogP contribution in [0, 0.1) is 12.8 Å². The van der Waals surface area contributed by atoms with Crippen molar-refractivity contribution in [3.8, 4) is 0 Å². The lowest BCUT2D eigenvalue weighted by Crippen LogP contribution is -2.40. The van der Waals surface area contributed by atoms with Crippen molar-refractivity contribution in [1.82, 2.24) is 4.90 Å². The van der Waals surface area contributed by atoms with Crippen molar-refractivity contribution in [1.29, 1.82) is 0 Å². The van der Waals surface area contributed by atoms with Crippen LogP contribution in [0.3, 0.4) is 0 Å². The Bertz CT molecular complexity index is 841. The summed E-state index contributed by atoms with van der Waals surface area (Å²) in [7, 11) is 0. The van der Waals surface area contributed by atoms with Crippen molar-refractivity contribution in [2.24, 2.45) is 5.92 Å². The van der Waals surface area contributed by atoms with Crippen molar-refractivity contribution in [2.45, 2.75) is 19.8 Å². The summed E-state index contributed by atoms with van der Waals surface area (Å²) in [5, 5.41) is 2.99. The Morgan fingerprint density at radius 3 is 2.48 bits per heavy atom. The summed E-state index contributed by atoms with van der Waals surface area (Å²) >= 11 is 3.49. The number of halogens is 1. The van der Waals surface area contributed by atoms with Crippen LogP contribution in [-0.4, -0.2) is 29.8 Å². The van der Waals surface area contributed by atoms with Crippen LogP contribution in [0.1, 0.15) is 24.0 Å². The van der Waals surface area contributed by atoms with Crippen LogP contribution < -0.4 is 5.32 Å². The Morgan fingerprint density at radius 1 is 1.11 bits per heavy atom. The van der Waals surface area contributed by atoms with E-state index in [9.17, 15) is 9.59 Å². The molecule has 0 radical (unpaired) electrons. The molecule has 0 saturated carbocycles. The number of anilines is 1. The molecule has 0 atom stereocenters. The highest BCUT2D eigenvalue weighted by molar-refractivity contribution is 9.10. The SMILES string of the molecule is Cc1ccc(NC(=O)C2CCN(C(=O)/C=C/c3ccccc3)CC2)c(Br)c1. The van der Waals surface area contributed by atoms with Crippen LogP contribution in [0.15, 0.2) is 59.1 Å². The molecule has 1 fully saturated rings. The zero-order valence-electron chi connectivity index (χ0n) is 15.3. The number of carbonyl (C=O) groups is 2. The number of piperidine rings is 1. The van der Waals surface area contributed by atoms with Crippen molar-refractivity contribution in [3.05, 3.63) is 70.2 Å². The van der Waals surface area contributed by atoms with Gasteiger partial charge in [0.15, 0.2) is 0 Å². The lowest BCUT2D eigenvalue weighted by Gasteiger charge is -2.30. The maximum absolute atomic E-state index is 12.5. The van der Waals surface area contributed by atoms with Gasteiger partial charge in [-0.05, 0) is 65.0 Å². The lowest BCUT2D eigenvalue weighted by atomic mass is 9.95. The van der Waals surface area contributed by atoms with Crippen molar-refractivity contribution in [2.75, 3.05) is 18.4 Å². The molecular formula is C22H23BrN2O2.